The summed E-state index contributed by atoms with van der Waals surface area (Å²) in [5.74, 6) is 0. The molecule has 5 heteroatoms. The van der Waals surface area contributed by atoms with Crippen molar-refractivity contribution in [1.82, 2.24) is 0 Å². The van der Waals surface area contributed by atoms with Crippen molar-refractivity contribution in [1.29, 1.82) is 0 Å². The van der Waals surface area contributed by atoms with Crippen molar-refractivity contribution in [2.24, 2.45) is 0 Å². The second-order valence-electron chi connectivity index (χ2n) is 6.18. The maximum absolute atomic E-state index is 12.4. The minimum Gasteiger partial charge on any atom is -0.279 e. The molecule has 0 saturated heterocycles. The van der Waals surface area contributed by atoms with Crippen LogP contribution in [-0.2, 0) is 15.4 Å². The van der Waals surface area contributed by atoms with Crippen molar-refractivity contribution in [2.45, 2.75) is 31.1 Å². The van der Waals surface area contributed by atoms with Gasteiger partial charge in [-0.1, -0.05) is 48.8 Å². The number of rotatable bonds is 3. The molecule has 3 nitrogen and oxygen atoms in total. The molecule has 0 amide bonds. The normalized spacial score (nSPS) is 12.2. The molecule has 0 spiro atoms. The Kier molecular flexibility index (Phi) is 4.68. The van der Waals surface area contributed by atoms with E-state index in [2.05, 4.69) is 48.3 Å². The Hall–Kier alpha value is -1.33. The third-order valence-electron chi connectivity index (χ3n) is 3.34. The Labute approximate surface area is 140 Å². The molecule has 0 unspecified atom stereocenters. The first-order chi connectivity index (χ1) is 10.1. The Bertz CT molecular complexity index is 775. The lowest BCUT2D eigenvalue weighted by Gasteiger charge is -2.19. The van der Waals surface area contributed by atoms with Gasteiger partial charge in [0.05, 0.1) is 10.6 Å². The average molecular weight is 381 g/mol. The van der Waals surface area contributed by atoms with Gasteiger partial charge in [0.2, 0.25) is 0 Å². The fraction of sp³-hybridized carbons (Fsp3) is 0.235. The molecule has 0 aliphatic carbocycles. The van der Waals surface area contributed by atoms with Crippen LogP contribution in [0.4, 0.5) is 5.69 Å². The number of anilines is 1. The Morgan fingerprint density at radius 3 is 2.14 bits per heavy atom. The van der Waals surface area contributed by atoms with E-state index in [4.69, 9.17) is 0 Å². The summed E-state index contributed by atoms with van der Waals surface area (Å²) >= 11 is 3.33. The van der Waals surface area contributed by atoms with Gasteiger partial charge in [0, 0.05) is 4.47 Å². The van der Waals surface area contributed by atoms with Gasteiger partial charge in [-0.3, -0.25) is 4.72 Å². The molecule has 117 valence electrons. The van der Waals surface area contributed by atoms with Crippen LogP contribution in [0.2, 0.25) is 0 Å². The van der Waals surface area contributed by atoms with Gasteiger partial charge < -0.3 is 0 Å². The Morgan fingerprint density at radius 2 is 1.64 bits per heavy atom. The van der Waals surface area contributed by atoms with Crippen LogP contribution in [0.5, 0.6) is 0 Å². The summed E-state index contributed by atoms with van der Waals surface area (Å²) in [4.78, 5) is 0.239. The quantitative estimate of drug-likeness (QED) is 0.836. The molecular formula is C17H19BrNO2S. The first-order valence-corrected chi connectivity index (χ1v) is 9.12. The fourth-order valence-electron chi connectivity index (χ4n) is 2.00. The molecule has 0 fully saturated rings. The maximum Gasteiger partial charge on any atom is 0.261 e. The van der Waals surface area contributed by atoms with Crippen LogP contribution in [0, 0.1) is 6.92 Å². The van der Waals surface area contributed by atoms with Crippen molar-refractivity contribution in [2.75, 3.05) is 4.72 Å². The van der Waals surface area contributed by atoms with Gasteiger partial charge in [-0.25, -0.2) is 8.42 Å². The van der Waals surface area contributed by atoms with E-state index in [0.717, 1.165) is 10.0 Å². The van der Waals surface area contributed by atoms with Crippen LogP contribution in [0.25, 0.3) is 0 Å². The fourth-order valence-corrected chi connectivity index (χ4v) is 3.51. The van der Waals surface area contributed by atoms with Crippen LogP contribution < -0.4 is 4.72 Å². The first-order valence-electron chi connectivity index (χ1n) is 6.84. The lowest BCUT2D eigenvalue weighted by atomic mass is 9.87. The minimum absolute atomic E-state index is 0.0120. The molecule has 2 rings (SSSR count). The second-order valence-corrected chi connectivity index (χ2v) is 8.78. The molecule has 0 aliphatic rings. The van der Waals surface area contributed by atoms with Crippen LogP contribution >= 0.6 is 15.9 Å². The smallest absolute Gasteiger partial charge is 0.261 e. The summed E-state index contributed by atoms with van der Waals surface area (Å²) < 4.78 is 28.3. The third-order valence-corrected chi connectivity index (χ3v) is 5.22. The first kappa shape index (κ1) is 17.0. The molecule has 0 aliphatic heterocycles. The molecule has 0 atom stereocenters. The molecule has 0 aromatic heterocycles. The predicted molar refractivity (Wildman–Crippen MR) is 94.6 cm³/mol. The van der Waals surface area contributed by atoms with Crippen LogP contribution in [0.3, 0.4) is 0 Å². The number of nitrogens with one attached hydrogen (secondary N) is 1. The van der Waals surface area contributed by atoms with Gasteiger partial charge in [0.1, 0.15) is 0 Å². The van der Waals surface area contributed by atoms with E-state index in [1.807, 2.05) is 12.1 Å². The summed E-state index contributed by atoms with van der Waals surface area (Å²) in [6, 6.07) is 12.2. The number of sulfonamides is 1. The highest BCUT2D eigenvalue weighted by Crippen LogP contribution is 2.26. The highest BCUT2D eigenvalue weighted by Gasteiger charge is 2.18. The van der Waals surface area contributed by atoms with Crippen LogP contribution in [-0.4, -0.2) is 8.42 Å². The average Bonchev–Trinajstić information content (AvgIpc) is 2.41. The van der Waals surface area contributed by atoms with E-state index in [-0.39, 0.29) is 10.3 Å². The summed E-state index contributed by atoms with van der Waals surface area (Å²) in [7, 11) is -3.62. The standard InChI is InChI=1S/C17H19BrNO2S/c1-12-11-14(18)7-10-16(12)19-22(20,21)15-8-5-13(6-9-15)17(2,3)4/h5-11,19H,1H2,2-4H3. The monoisotopic (exact) mass is 380 g/mol. The second kappa shape index (κ2) is 6.05. The number of hydrogen-bond acceptors (Lipinski definition) is 2. The molecule has 0 bridgehead atoms. The largest absolute Gasteiger partial charge is 0.279 e. The topological polar surface area (TPSA) is 46.2 Å². The Morgan fingerprint density at radius 1 is 1.05 bits per heavy atom. The molecule has 2 aromatic rings. The molecule has 0 saturated carbocycles. The van der Waals surface area contributed by atoms with E-state index in [0.29, 0.717) is 11.3 Å². The summed E-state index contributed by atoms with van der Waals surface area (Å²) in [6.07, 6.45) is 0. The van der Waals surface area contributed by atoms with E-state index in [1.54, 1.807) is 30.3 Å². The highest BCUT2D eigenvalue weighted by molar-refractivity contribution is 9.10. The lowest BCUT2D eigenvalue weighted by Crippen LogP contribution is -2.15. The minimum atomic E-state index is -3.62. The van der Waals surface area contributed by atoms with E-state index >= 15 is 0 Å². The summed E-state index contributed by atoms with van der Waals surface area (Å²) in [5.41, 5.74) is 2.17. The highest BCUT2D eigenvalue weighted by atomic mass is 79.9. The zero-order chi connectivity index (χ0) is 16.5. The van der Waals surface area contributed by atoms with Crippen molar-refractivity contribution < 1.29 is 8.42 Å². The van der Waals surface area contributed by atoms with Gasteiger partial charge in [-0.15, -0.1) is 0 Å². The lowest BCUT2D eigenvalue weighted by molar-refractivity contribution is 0.587. The van der Waals surface area contributed by atoms with Gasteiger partial charge in [-0.2, -0.15) is 0 Å². The number of hydrogen-bond donors (Lipinski definition) is 1. The van der Waals surface area contributed by atoms with Crippen LogP contribution in [0.1, 0.15) is 31.9 Å². The van der Waals surface area contributed by atoms with Crippen molar-refractivity contribution in [3.63, 3.8) is 0 Å². The number of benzene rings is 2. The molecule has 1 radical (unpaired) electrons. The zero-order valence-electron chi connectivity index (χ0n) is 12.9. The van der Waals surface area contributed by atoms with Gasteiger partial charge in [0.15, 0.2) is 0 Å². The van der Waals surface area contributed by atoms with Crippen molar-refractivity contribution >= 4 is 31.6 Å². The van der Waals surface area contributed by atoms with E-state index < -0.39 is 10.0 Å². The number of halogens is 1. The summed E-state index contributed by atoms with van der Waals surface area (Å²) in [6.45, 7) is 10.1. The van der Waals surface area contributed by atoms with Gasteiger partial charge in [0.25, 0.3) is 10.0 Å². The van der Waals surface area contributed by atoms with E-state index in [9.17, 15) is 8.42 Å². The van der Waals surface area contributed by atoms with Gasteiger partial charge >= 0.3 is 0 Å². The summed E-state index contributed by atoms with van der Waals surface area (Å²) in [5, 5.41) is 0. The molecule has 2 aromatic carbocycles. The zero-order valence-corrected chi connectivity index (χ0v) is 15.3. The maximum atomic E-state index is 12.4. The predicted octanol–water partition coefficient (Wildman–Crippen LogP) is 4.73. The van der Waals surface area contributed by atoms with Crippen molar-refractivity contribution in [3.05, 3.63) is 65.0 Å². The molecule has 22 heavy (non-hydrogen) atoms. The Balaban J connectivity index is 2.31. The third kappa shape index (κ3) is 3.90. The van der Waals surface area contributed by atoms with E-state index in [1.165, 1.54) is 0 Å². The van der Waals surface area contributed by atoms with Gasteiger partial charge in [-0.05, 0) is 53.8 Å². The van der Waals surface area contributed by atoms with Crippen molar-refractivity contribution in [3.8, 4) is 0 Å². The molecule has 1 N–H and O–H groups in total. The van der Waals surface area contributed by atoms with Crippen LogP contribution in [0.15, 0.2) is 51.8 Å². The molecular weight excluding hydrogens is 362 g/mol. The SMILES string of the molecule is [CH2]c1cc(Br)ccc1NS(=O)(=O)c1ccc(C(C)(C)C)cc1. The molecule has 0 heterocycles.